The van der Waals surface area contributed by atoms with Crippen LogP contribution in [0.3, 0.4) is 0 Å². The van der Waals surface area contributed by atoms with Crippen LogP contribution in [0.1, 0.15) is 12.5 Å². The summed E-state index contributed by atoms with van der Waals surface area (Å²) >= 11 is 5.77. The minimum atomic E-state index is -0.750. The van der Waals surface area contributed by atoms with Crippen LogP contribution < -0.4 is 10.2 Å². The van der Waals surface area contributed by atoms with Crippen molar-refractivity contribution in [3.63, 3.8) is 0 Å². The zero-order chi connectivity index (χ0) is 17.5. The minimum Gasteiger partial charge on any atom is -0.481 e. The van der Waals surface area contributed by atoms with Crippen LogP contribution in [0.5, 0.6) is 5.75 Å². The average Bonchev–Trinajstić information content (AvgIpc) is 2.57. The smallest absolute Gasteiger partial charge is 0.280 e. The number of carbonyl (C=O) groups excluding carboxylic acids is 1. The molecule has 8 heteroatoms. The maximum absolute atomic E-state index is 11.9. The lowest BCUT2D eigenvalue weighted by atomic mass is 10.2. The van der Waals surface area contributed by atoms with Gasteiger partial charge in [0, 0.05) is 17.2 Å². The van der Waals surface area contributed by atoms with Crippen molar-refractivity contribution in [3.8, 4) is 5.75 Å². The Bertz CT molecular complexity index is 745. The number of amides is 1. The number of hydrazone groups is 1. The van der Waals surface area contributed by atoms with Gasteiger partial charge in [-0.05, 0) is 48.9 Å². The molecule has 2 aromatic rings. The lowest BCUT2D eigenvalue weighted by Gasteiger charge is -2.12. The molecule has 0 aliphatic carbocycles. The number of hydrogen-bond acceptors (Lipinski definition) is 5. The van der Waals surface area contributed by atoms with Crippen LogP contribution in [-0.4, -0.2) is 23.1 Å². The van der Waals surface area contributed by atoms with Crippen molar-refractivity contribution in [2.45, 2.75) is 13.0 Å². The van der Waals surface area contributed by atoms with Crippen LogP contribution in [-0.2, 0) is 4.79 Å². The van der Waals surface area contributed by atoms with Crippen molar-refractivity contribution < 1.29 is 14.5 Å². The Hall–Kier alpha value is -2.93. The van der Waals surface area contributed by atoms with Gasteiger partial charge in [0.1, 0.15) is 5.75 Å². The molecule has 0 spiro atoms. The minimum absolute atomic E-state index is 0.0128. The molecule has 124 valence electrons. The first-order chi connectivity index (χ1) is 11.5. The third kappa shape index (κ3) is 5.06. The number of benzene rings is 2. The number of nitro benzene ring substituents is 1. The summed E-state index contributed by atoms with van der Waals surface area (Å²) in [4.78, 5) is 21.9. The van der Waals surface area contributed by atoms with E-state index in [4.69, 9.17) is 16.3 Å². The number of hydrogen-bond donors (Lipinski definition) is 1. The summed E-state index contributed by atoms with van der Waals surface area (Å²) in [6, 6.07) is 12.4. The summed E-state index contributed by atoms with van der Waals surface area (Å²) in [6.45, 7) is 1.59. The Morgan fingerprint density at radius 3 is 2.46 bits per heavy atom. The molecule has 0 bridgehead atoms. The second-order valence-electron chi connectivity index (χ2n) is 4.80. The van der Waals surface area contributed by atoms with Gasteiger partial charge in [0.05, 0.1) is 11.1 Å². The van der Waals surface area contributed by atoms with E-state index in [2.05, 4.69) is 10.5 Å². The van der Waals surface area contributed by atoms with Crippen molar-refractivity contribution in [1.82, 2.24) is 5.43 Å². The van der Waals surface area contributed by atoms with E-state index < -0.39 is 16.9 Å². The zero-order valence-corrected chi connectivity index (χ0v) is 13.4. The molecule has 0 saturated heterocycles. The van der Waals surface area contributed by atoms with E-state index in [0.717, 1.165) is 0 Å². The van der Waals surface area contributed by atoms with E-state index in [1.54, 1.807) is 31.2 Å². The Balaban J connectivity index is 1.87. The summed E-state index contributed by atoms with van der Waals surface area (Å²) in [7, 11) is 0. The SMILES string of the molecule is CC(Oc1ccc(Cl)cc1)C(=O)N/N=C\c1ccc([N+](=O)[O-])cc1. The van der Waals surface area contributed by atoms with Crippen molar-refractivity contribution in [3.05, 3.63) is 69.2 Å². The van der Waals surface area contributed by atoms with Crippen molar-refractivity contribution in [2.24, 2.45) is 5.10 Å². The molecule has 7 nitrogen and oxygen atoms in total. The standard InChI is InChI=1S/C16H14ClN3O4/c1-11(24-15-8-4-13(17)5-9-15)16(21)19-18-10-12-2-6-14(7-3-12)20(22)23/h2-11H,1H3,(H,19,21)/b18-10-. The lowest BCUT2D eigenvalue weighted by Crippen LogP contribution is -2.33. The fourth-order valence-corrected chi connectivity index (χ4v) is 1.84. The van der Waals surface area contributed by atoms with E-state index >= 15 is 0 Å². The molecule has 2 aromatic carbocycles. The highest BCUT2D eigenvalue weighted by Gasteiger charge is 2.13. The first kappa shape index (κ1) is 17.4. The fourth-order valence-electron chi connectivity index (χ4n) is 1.71. The van der Waals surface area contributed by atoms with Gasteiger partial charge in [0.25, 0.3) is 11.6 Å². The molecule has 0 aliphatic heterocycles. The van der Waals surface area contributed by atoms with Crippen molar-refractivity contribution in [2.75, 3.05) is 0 Å². The lowest BCUT2D eigenvalue weighted by molar-refractivity contribution is -0.384. The van der Waals surface area contributed by atoms with E-state index in [-0.39, 0.29) is 5.69 Å². The van der Waals surface area contributed by atoms with E-state index in [1.807, 2.05) is 0 Å². The molecule has 0 radical (unpaired) electrons. The van der Waals surface area contributed by atoms with Crippen LogP contribution in [0.4, 0.5) is 5.69 Å². The molecule has 1 amide bonds. The summed E-state index contributed by atoms with van der Waals surface area (Å²) in [5.41, 5.74) is 2.95. The van der Waals surface area contributed by atoms with Gasteiger partial charge in [-0.25, -0.2) is 5.43 Å². The largest absolute Gasteiger partial charge is 0.481 e. The molecular formula is C16H14ClN3O4. The first-order valence-corrected chi connectivity index (χ1v) is 7.33. The molecule has 0 aromatic heterocycles. The highest BCUT2D eigenvalue weighted by Crippen LogP contribution is 2.16. The number of halogens is 1. The van der Waals surface area contributed by atoms with E-state index in [0.29, 0.717) is 16.3 Å². The predicted octanol–water partition coefficient (Wildman–Crippen LogP) is 3.17. The Kier molecular flexibility index (Phi) is 5.86. The van der Waals surface area contributed by atoms with Gasteiger partial charge in [0.2, 0.25) is 0 Å². The third-order valence-electron chi connectivity index (χ3n) is 2.99. The number of nitrogens with one attached hydrogen (secondary N) is 1. The molecule has 0 aliphatic rings. The summed E-state index contributed by atoms with van der Waals surface area (Å²) < 4.78 is 5.46. The maximum Gasteiger partial charge on any atom is 0.280 e. The Morgan fingerprint density at radius 1 is 1.25 bits per heavy atom. The second kappa shape index (κ2) is 8.07. The van der Waals surface area contributed by atoms with Gasteiger partial charge in [-0.15, -0.1) is 0 Å². The molecule has 1 atom stereocenters. The maximum atomic E-state index is 11.9. The monoisotopic (exact) mass is 347 g/mol. The number of rotatable bonds is 6. The van der Waals surface area contributed by atoms with E-state index in [1.165, 1.54) is 30.5 Å². The third-order valence-corrected chi connectivity index (χ3v) is 3.24. The van der Waals surface area contributed by atoms with Gasteiger partial charge < -0.3 is 4.74 Å². The molecule has 1 unspecified atom stereocenters. The van der Waals surface area contributed by atoms with Gasteiger partial charge in [-0.3, -0.25) is 14.9 Å². The number of ether oxygens (including phenoxy) is 1. The van der Waals surface area contributed by atoms with Gasteiger partial charge in [-0.1, -0.05) is 11.6 Å². The van der Waals surface area contributed by atoms with Gasteiger partial charge in [-0.2, -0.15) is 5.10 Å². The fraction of sp³-hybridized carbons (Fsp3) is 0.125. The number of nitrogens with zero attached hydrogens (tertiary/aromatic N) is 2. The molecule has 0 saturated carbocycles. The highest BCUT2D eigenvalue weighted by atomic mass is 35.5. The normalized spacial score (nSPS) is 11.9. The first-order valence-electron chi connectivity index (χ1n) is 6.95. The van der Waals surface area contributed by atoms with Crippen LogP contribution in [0, 0.1) is 10.1 Å². The summed E-state index contributed by atoms with van der Waals surface area (Å²) in [5.74, 6) is 0.0875. The second-order valence-corrected chi connectivity index (χ2v) is 5.23. The van der Waals surface area contributed by atoms with Crippen LogP contribution in [0.2, 0.25) is 5.02 Å². The van der Waals surface area contributed by atoms with Crippen molar-refractivity contribution in [1.29, 1.82) is 0 Å². The van der Waals surface area contributed by atoms with Crippen molar-refractivity contribution >= 4 is 29.4 Å². The van der Waals surface area contributed by atoms with Gasteiger partial charge in [0.15, 0.2) is 6.10 Å². The average molecular weight is 348 g/mol. The summed E-state index contributed by atoms with van der Waals surface area (Å²) in [6.07, 6.45) is 0.636. The van der Waals surface area contributed by atoms with E-state index in [9.17, 15) is 14.9 Å². The molecule has 2 rings (SSSR count). The summed E-state index contributed by atoms with van der Waals surface area (Å²) in [5, 5.41) is 14.9. The zero-order valence-electron chi connectivity index (χ0n) is 12.7. The molecule has 0 fully saturated rings. The van der Waals surface area contributed by atoms with Crippen LogP contribution >= 0.6 is 11.6 Å². The van der Waals surface area contributed by atoms with Gasteiger partial charge >= 0.3 is 0 Å². The topological polar surface area (TPSA) is 93.8 Å². The van der Waals surface area contributed by atoms with Crippen LogP contribution in [0.25, 0.3) is 0 Å². The quantitative estimate of drug-likeness (QED) is 0.493. The number of nitro groups is 1. The number of non-ortho nitro benzene ring substituents is 1. The highest BCUT2D eigenvalue weighted by molar-refractivity contribution is 6.30. The molecule has 0 heterocycles. The number of carbonyl (C=O) groups is 1. The molecular weight excluding hydrogens is 334 g/mol. The Labute approximate surface area is 143 Å². The van der Waals surface area contributed by atoms with Crippen LogP contribution in [0.15, 0.2) is 53.6 Å². The molecule has 1 N–H and O–H groups in total. The molecule has 24 heavy (non-hydrogen) atoms. The Morgan fingerprint density at radius 2 is 1.88 bits per heavy atom. The predicted molar refractivity (Wildman–Crippen MR) is 90.4 cm³/mol.